The highest BCUT2D eigenvalue weighted by molar-refractivity contribution is 9.10. The van der Waals surface area contributed by atoms with Crippen molar-refractivity contribution in [3.05, 3.63) is 51.5 Å². The van der Waals surface area contributed by atoms with Gasteiger partial charge in [-0.15, -0.1) is 0 Å². The van der Waals surface area contributed by atoms with Gasteiger partial charge in [0, 0.05) is 10.0 Å². The molecule has 0 radical (unpaired) electrons. The number of hydrazone groups is 1. The summed E-state index contributed by atoms with van der Waals surface area (Å²) < 4.78 is 36.9. The number of ether oxygens (including phenoxy) is 2. The van der Waals surface area contributed by atoms with Gasteiger partial charge in [0.15, 0.2) is 11.5 Å². The average Bonchev–Trinajstić information content (AvgIpc) is 3.08. The van der Waals surface area contributed by atoms with Crippen molar-refractivity contribution in [1.29, 1.82) is 0 Å². The number of rotatable bonds is 6. The van der Waals surface area contributed by atoms with E-state index in [4.69, 9.17) is 9.47 Å². The maximum Gasteiger partial charge on any atom is 0.260 e. The summed E-state index contributed by atoms with van der Waals surface area (Å²) in [5.74, 6) is 0.638. The van der Waals surface area contributed by atoms with Gasteiger partial charge < -0.3 is 9.47 Å². The number of hydrogen-bond donors (Lipinski definition) is 1. The van der Waals surface area contributed by atoms with Gasteiger partial charge in [-0.2, -0.15) is 5.10 Å². The number of halogens is 1. The molecule has 1 amide bonds. The van der Waals surface area contributed by atoms with Gasteiger partial charge in [-0.05, 0) is 59.1 Å². The molecule has 0 unspecified atom stereocenters. The van der Waals surface area contributed by atoms with Crippen LogP contribution in [0, 0.1) is 13.8 Å². The van der Waals surface area contributed by atoms with Crippen LogP contribution >= 0.6 is 15.9 Å². The average molecular weight is 482 g/mol. The van der Waals surface area contributed by atoms with E-state index < -0.39 is 15.9 Å². The Morgan fingerprint density at radius 1 is 1.28 bits per heavy atom. The number of hydrogen-bond acceptors (Lipinski definition) is 6. The standard InChI is InChI=1S/C19H20BrN3O5S/c1-12-5-4-6-16(13(12)2)23(29(3,25)26)10-19(24)22-21-9-14-7-17-18(8-15(14)20)28-11-27-17/h4-9H,10-11H2,1-3H3,(H,22,24)/b21-9-. The molecule has 1 aliphatic rings. The molecule has 8 nitrogen and oxygen atoms in total. The second-order valence-corrected chi connectivity index (χ2v) is 9.27. The summed E-state index contributed by atoms with van der Waals surface area (Å²) in [6.07, 6.45) is 2.50. The minimum absolute atomic E-state index is 0.152. The molecule has 2 aromatic rings. The van der Waals surface area contributed by atoms with Gasteiger partial charge in [-0.3, -0.25) is 9.10 Å². The second kappa shape index (κ2) is 8.42. The zero-order valence-corrected chi connectivity index (χ0v) is 18.5. The third-order valence-corrected chi connectivity index (χ3v) is 6.23. The van der Waals surface area contributed by atoms with Crippen molar-refractivity contribution in [1.82, 2.24) is 5.43 Å². The molecule has 0 atom stereocenters. The molecule has 1 heterocycles. The lowest BCUT2D eigenvalue weighted by Gasteiger charge is -2.23. The van der Waals surface area contributed by atoms with E-state index in [0.717, 1.165) is 21.7 Å². The summed E-state index contributed by atoms with van der Waals surface area (Å²) in [5, 5.41) is 3.92. The van der Waals surface area contributed by atoms with Crippen LogP contribution in [0.1, 0.15) is 16.7 Å². The van der Waals surface area contributed by atoms with Gasteiger partial charge in [0.05, 0.1) is 18.2 Å². The molecule has 0 spiro atoms. The number of benzene rings is 2. The third kappa shape index (κ3) is 4.88. The van der Waals surface area contributed by atoms with E-state index in [1.165, 1.54) is 6.21 Å². The van der Waals surface area contributed by atoms with Crippen molar-refractivity contribution in [2.24, 2.45) is 5.10 Å². The van der Waals surface area contributed by atoms with Gasteiger partial charge >= 0.3 is 0 Å². The first-order valence-corrected chi connectivity index (χ1v) is 11.3. The highest BCUT2D eigenvalue weighted by Gasteiger charge is 2.22. The number of carbonyl (C=O) groups excluding carboxylic acids is 1. The fraction of sp³-hybridized carbons (Fsp3) is 0.263. The molecular formula is C19H20BrN3O5S. The lowest BCUT2D eigenvalue weighted by atomic mass is 10.1. The Morgan fingerprint density at radius 2 is 1.97 bits per heavy atom. The molecule has 0 saturated heterocycles. The third-order valence-electron chi connectivity index (χ3n) is 4.42. The molecule has 10 heteroatoms. The van der Waals surface area contributed by atoms with Gasteiger partial charge in [0.25, 0.3) is 5.91 Å². The first-order valence-electron chi connectivity index (χ1n) is 8.62. The molecule has 1 aliphatic heterocycles. The SMILES string of the molecule is Cc1cccc(N(CC(=O)N/N=C\c2cc3c(cc2Br)OCO3)S(C)(=O)=O)c1C. The summed E-state index contributed by atoms with van der Waals surface area (Å²) in [4.78, 5) is 12.3. The van der Waals surface area contributed by atoms with Crippen LogP contribution in [0.25, 0.3) is 0 Å². The van der Waals surface area contributed by atoms with E-state index in [2.05, 4.69) is 26.5 Å². The van der Waals surface area contributed by atoms with E-state index in [-0.39, 0.29) is 13.3 Å². The minimum atomic E-state index is -3.66. The Kier molecular flexibility index (Phi) is 6.13. The van der Waals surface area contributed by atoms with Gasteiger partial charge in [0.1, 0.15) is 6.54 Å². The van der Waals surface area contributed by atoms with Crippen LogP contribution in [0.5, 0.6) is 11.5 Å². The number of amides is 1. The van der Waals surface area contributed by atoms with Crippen molar-refractivity contribution < 1.29 is 22.7 Å². The Morgan fingerprint density at radius 3 is 2.66 bits per heavy atom. The molecule has 2 aromatic carbocycles. The summed E-state index contributed by atoms with van der Waals surface area (Å²) in [5.41, 5.74) is 5.22. The molecule has 0 aromatic heterocycles. The number of nitrogens with zero attached hydrogens (tertiary/aromatic N) is 2. The van der Waals surface area contributed by atoms with Gasteiger partial charge in [-0.25, -0.2) is 13.8 Å². The van der Waals surface area contributed by atoms with Crippen molar-refractivity contribution in [3.8, 4) is 11.5 Å². The number of nitrogens with one attached hydrogen (secondary N) is 1. The van der Waals surface area contributed by atoms with Crippen molar-refractivity contribution in [2.75, 3.05) is 23.9 Å². The predicted octanol–water partition coefficient (Wildman–Crippen LogP) is 2.71. The molecular weight excluding hydrogens is 462 g/mol. The fourth-order valence-corrected chi connectivity index (χ4v) is 4.09. The quantitative estimate of drug-likeness (QED) is 0.505. The van der Waals surface area contributed by atoms with E-state index in [1.807, 2.05) is 19.9 Å². The normalized spacial score (nSPS) is 13.0. The summed E-state index contributed by atoms with van der Waals surface area (Å²) in [6, 6.07) is 8.78. The topological polar surface area (TPSA) is 97.3 Å². The number of carbonyl (C=O) groups is 1. The van der Waals surface area contributed by atoms with Crippen LogP contribution in [0.4, 0.5) is 5.69 Å². The molecule has 0 aliphatic carbocycles. The number of aryl methyl sites for hydroxylation is 1. The maximum atomic E-state index is 12.3. The summed E-state index contributed by atoms with van der Waals surface area (Å²) in [7, 11) is -3.66. The molecule has 154 valence electrons. The molecule has 29 heavy (non-hydrogen) atoms. The number of fused-ring (bicyclic) bond motifs is 1. The van der Waals surface area contributed by atoms with Gasteiger partial charge in [-0.1, -0.05) is 12.1 Å². The number of sulfonamides is 1. The second-order valence-electron chi connectivity index (χ2n) is 6.51. The zero-order chi connectivity index (χ0) is 21.2. The lowest BCUT2D eigenvalue weighted by molar-refractivity contribution is -0.119. The zero-order valence-electron chi connectivity index (χ0n) is 16.1. The molecule has 0 fully saturated rings. The lowest BCUT2D eigenvalue weighted by Crippen LogP contribution is -2.39. The van der Waals surface area contributed by atoms with E-state index in [9.17, 15) is 13.2 Å². The van der Waals surface area contributed by atoms with Crippen molar-refractivity contribution in [3.63, 3.8) is 0 Å². The summed E-state index contributed by atoms with van der Waals surface area (Å²) in [6.45, 7) is 3.46. The van der Waals surface area contributed by atoms with Crippen LogP contribution in [0.2, 0.25) is 0 Å². The highest BCUT2D eigenvalue weighted by atomic mass is 79.9. The largest absolute Gasteiger partial charge is 0.454 e. The molecule has 0 bridgehead atoms. The minimum Gasteiger partial charge on any atom is -0.454 e. The first-order chi connectivity index (χ1) is 13.7. The van der Waals surface area contributed by atoms with Crippen LogP contribution in [0.3, 0.4) is 0 Å². The monoisotopic (exact) mass is 481 g/mol. The summed E-state index contributed by atoms with van der Waals surface area (Å²) >= 11 is 3.40. The van der Waals surface area contributed by atoms with Crippen molar-refractivity contribution >= 4 is 43.8 Å². The van der Waals surface area contributed by atoms with E-state index in [1.54, 1.807) is 24.3 Å². The molecule has 1 N–H and O–H groups in total. The van der Waals surface area contributed by atoms with Crippen LogP contribution in [-0.2, 0) is 14.8 Å². The van der Waals surface area contributed by atoms with Crippen LogP contribution in [-0.4, -0.2) is 40.1 Å². The molecule has 0 saturated carbocycles. The van der Waals surface area contributed by atoms with E-state index in [0.29, 0.717) is 27.2 Å². The number of anilines is 1. The van der Waals surface area contributed by atoms with E-state index >= 15 is 0 Å². The highest BCUT2D eigenvalue weighted by Crippen LogP contribution is 2.36. The molecule has 3 rings (SSSR count). The first kappa shape index (κ1) is 21.1. The van der Waals surface area contributed by atoms with Crippen molar-refractivity contribution in [2.45, 2.75) is 13.8 Å². The fourth-order valence-electron chi connectivity index (χ4n) is 2.76. The van der Waals surface area contributed by atoms with Gasteiger partial charge in [0.2, 0.25) is 16.8 Å². The van der Waals surface area contributed by atoms with Crippen LogP contribution < -0.4 is 19.2 Å². The maximum absolute atomic E-state index is 12.3. The predicted molar refractivity (Wildman–Crippen MR) is 114 cm³/mol. The van der Waals surface area contributed by atoms with Crippen LogP contribution in [0.15, 0.2) is 39.9 Å². The Balaban J connectivity index is 1.73. The Labute approximate surface area is 177 Å². The Hall–Kier alpha value is -2.59. The Bertz CT molecular complexity index is 1090. The smallest absolute Gasteiger partial charge is 0.260 e.